The maximum absolute atomic E-state index is 10.6. The van der Waals surface area contributed by atoms with Crippen molar-refractivity contribution in [1.29, 1.82) is 0 Å². The fraction of sp³-hybridized carbons (Fsp3) is 0.423. The number of ether oxygens (including phenoxy) is 3. The molecule has 176 valence electrons. The van der Waals surface area contributed by atoms with Gasteiger partial charge in [0.2, 0.25) is 0 Å². The van der Waals surface area contributed by atoms with Crippen LogP contribution < -0.4 is 9.47 Å². The SMILES string of the molecule is CCCc1ccc(COc2ccc3c(c2)CCC(CN2CC(OC(=O)O)C2)=C3Cl)c(OC)c1. The number of hydrogen-bond acceptors (Lipinski definition) is 5. The smallest absolute Gasteiger partial charge is 0.496 e. The molecule has 0 saturated carbocycles. The third-order valence-electron chi connectivity index (χ3n) is 6.21. The van der Waals surface area contributed by atoms with Crippen molar-refractivity contribution in [2.24, 2.45) is 0 Å². The molecule has 0 unspecified atom stereocenters. The van der Waals surface area contributed by atoms with Crippen LogP contribution in [-0.4, -0.2) is 49.0 Å². The van der Waals surface area contributed by atoms with Gasteiger partial charge in [-0.05, 0) is 65.8 Å². The standard InChI is InChI=1S/C26H30ClNO5/c1-3-4-17-5-6-20(24(11-17)31-2)16-32-21-9-10-23-18(12-21)7-8-19(25(23)27)13-28-14-22(15-28)33-26(29)30/h5-6,9-12,22H,3-4,7-8,13-16H2,1-2H3,(H,29,30). The lowest BCUT2D eigenvalue weighted by Crippen LogP contribution is -2.53. The van der Waals surface area contributed by atoms with Crippen molar-refractivity contribution in [3.8, 4) is 11.5 Å². The van der Waals surface area contributed by atoms with Gasteiger partial charge in [-0.15, -0.1) is 0 Å². The largest absolute Gasteiger partial charge is 0.506 e. The molecule has 2 aromatic carbocycles. The summed E-state index contributed by atoms with van der Waals surface area (Å²) in [5.74, 6) is 1.68. The Hall–Kier alpha value is -2.70. The molecule has 2 aromatic rings. The second-order valence-corrected chi connectivity index (χ2v) is 9.00. The topological polar surface area (TPSA) is 68.2 Å². The zero-order valence-corrected chi connectivity index (χ0v) is 19.9. The summed E-state index contributed by atoms with van der Waals surface area (Å²) in [6.07, 6.45) is 2.46. The lowest BCUT2D eigenvalue weighted by Gasteiger charge is -2.38. The van der Waals surface area contributed by atoms with Crippen LogP contribution in [0.5, 0.6) is 11.5 Å². The van der Waals surface area contributed by atoms with Gasteiger partial charge in [-0.3, -0.25) is 4.90 Å². The predicted octanol–water partition coefficient (Wildman–Crippen LogP) is 5.50. The van der Waals surface area contributed by atoms with Crippen molar-refractivity contribution < 1.29 is 24.1 Å². The van der Waals surface area contributed by atoms with E-state index in [-0.39, 0.29) is 6.10 Å². The van der Waals surface area contributed by atoms with Crippen LogP contribution in [0.2, 0.25) is 0 Å². The van der Waals surface area contributed by atoms with Crippen LogP contribution in [0.15, 0.2) is 42.0 Å². The normalized spacial score (nSPS) is 16.2. The number of rotatable bonds is 9. The number of carboxylic acid groups (broad SMARTS) is 1. The molecule has 4 rings (SSSR count). The molecule has 0 atom stereocenters. The molecule has 1 aliphatic heterocycles. The quantitative estimate of drug-likeness (QED) is 0.487. The van der Waals surface area contributed by atoms with E-state index in [2.05, 4.69) is 36.1 Å². The molecular weight excluding hydrogens is 442 g/mol. The van der Waals surface area contributed by atoms with E-state index in [1.54, 1.807) is 7.11 Å². The molecule has 6 nitrogen and oxygen atoms in total. The number of hydrogen-bond donors (Lipinski definition) is 1. The number of methoxy groups -OCH3 is 1. The summed E-state index contributed by atoms with van der Waals surface area (Å²) < 4.78 is 16.4. The first-order valence-corrected chi connectivity index (χ1v) is 11.8. The van der Waals surface area contributed by atoms with Crippen LogP contribution in [0.3, 0.4) is 0 Å². The number of carbonyl (C=O) groups is 1. The molecule has 1 saturated heterocycles. The first kappa shape index (κ1) is 23.5. The van der Waals surface area contributed by atoms with Crippen molar-refractivity contribution in [3.05, 3.63) is 64.2 Å². The second kappa shape index (κ2) is 10.5. The third kappa shape index (κ3) is 5.63. The van der Waals surface area contributed by atoms with Gasteiger partial charge in [-0.2, -0.15) is 0 Å². The van der Waals surface area contributed by atoms with Crippen molar-refractivity contribution in [2.45, 2.75) is 45.3 Å². The molecule has 0 radical (unpaired) electrons. The molecule has 1 aliphatic carbocycles. The number of nitrogens with zero attached hydrogens (tertiary/aromatic N) is 1. The molecule has 0 amide bonds. The van der Waals surface area contributed by atoms with Gasteiger partial charge in [-0.25, -0.2) is 4.79 Å². The highest BCUT2D eigenvalue weighted by Crippen LogP contribution is 2.37. The van der Waals surface area contributed by atoms with Crippen LogP contribution in [0.25, 0.3) is 5.03 Å². The predicted molar refractivity (Wildman–Crippen MR) is 128 cm³/mol. The van der Waals surface area contributed by atoms with Crippen LogP contribution in [0.1, 0.15) is 42.0 Å². The highest BCUT2D eigenvalue weighted by molar-refractivity contribution is 6.49. The minimum Gasteiger partial charge on any atom is -0.496 e. The van der Waals surface area contributed by atoms with Gasteiger partial charge in [0.25, 0.3) is 0 Å². The lowest BCUT2D eigenvalue weighted by molar-refractivity contribution is -0.0292. The molecule has 1 fully saturated rings. The molecule has 7 heteroatoms. The fourth-order valence-electron chi connectivity index (χ4n) is 4.47. The summed E-state index contributed by atoms with van der Waals surface area (Å²) >= 11 is 6.73. The van der Waals surface area contributed by atoms with E-state index >= 15 is 0 Å². The third-order valence-corrected chi connectivity index (χ3v) is 6.68. The number of fused-ring (bicyclic) bond motifs is 1. The number of likely N-dealkylation sites (tertiary alicyclic amines) is 1. The summed E-state index contributed by atoms with van der Waals surface area (Å²) in [6, 6.07) is 12.4. The van der Waals surface area contributed by atoms with E-state index < -0.39 is 6.16 Å². The summed E-state index contributed by atoms with van der Waals surface area (Å²) in [5.41, 5.74) is 5.71. The van der Waals surface area contributed by atoms with Gasteiger partial charge in [0.1, 0.15) is 24.2 Å². The molecule has 0 spiro atoms. The molecule has 2 aliphatic rings. The summed E-state index contributed by atoms with van der Waals surface area (Å²) in [6.45, 7) is 4.58. The summed E-state index contributed by atoms with van der Waals surface area (Å²) in [4.78, 5) is 12.8. The van der Waals surface area contributed by atoms with Crippen molar-refractivity contribution in [1.82, 2.24) is 4.90 Å². The molecule has 0 bridgehead atoms. The minimum absolute atomic E-state index is 0.237. The Morgan fingerprint density at radius 1 is 1.18 bits per heavy atom. The summed E-state index contributed by atoms with van der Waals surface area (Å²) in [5, 5.41) is 9.49. The maximum Gasteiger partial charge on any atom is 0.506 e. The van der Waals surface area contributed by atoms with Crippen molar-refractivity contribution >= 4 is 22.8 Å². The van der Waals surface area contributed by atoms with Gasteiger partial charge >= 0.3 is 6.16 Å². The van der Waals surface area contributed by atoms with Gasteiger partial charge < -0.3 is 19.3 Å². The summed E-state index contributed by atoms with van der Waals surface area (Å²) in [7, 11) is 1.69. The van der Waals surface area contributed by atoms with E-state index in [9.17, 15) is 4.79 Å². The van der Waals surface area contributed by atoms with E-state index in [1.165, 1.54) is 16.7 Å². The van der Waals surface area contributed by atoms with Gasteiger partial charge in [0.15, 0.2) is 0 Å². The molecular formula is C26H30ClNO5. The first-order valence-electron chi connectivity index (χ1n) is 11.4. The van der Waals surface area contributed by atoms with Crippen LogP contribution in [0, 0.1) is 0 Å². The Balaban J connectivity index is 1.38. The Labute approximate surface area is 199 Å². The van der Waals surface area contributed by atoms with E-state index in [4.69, 9.17) is 30.9 Å². The first-order chi connectivity index (χ1) is 16.0. The monoisotopic (exact) mass is 471 g/mol. The molecule has 0 aromatic heterocycles. The fourth-order valence-corrected chi connectivity index (χ4v) is 4.81. The number of benzene rings is 2. The Morgan fingerprint density at radius 3 is 2.73 bits per heavy atom. The molecule has 33 heavy (non-hydrogen) atoms. The van der Waals surface area contributed by atoms with E-state index in [0.29, 0.717) is 19.7 Å². The van der Waals surface area contributed by atoms with Crippen LogP contribution in [0.4, 0.5) is 4.79 Å². The average Bonchev–Trinajstić information content (AvgIpc) is 2.78. The number of halogens is 1. The zero-order chi connectivity index (χ0) is 23.4. The second-order valence-electron chi connectivity index (χ2n) is 8.62. The van der Waals surface area contributed by atoms with Crippen molar-refractivity contribution in [2.75, 3.05) is 26.7 Å². The Bertz CT molecular complexity index is 1040. The molecule has 1 N–H and O–H groups in total. The van der Waals surface area contributed by atoms with Gasteiger partial charge in [-0.1, -0.05) is 37.1 Å². The zero-order valence-electron chi connectivity index (χ0n) is 19.1. The van der Waals surface area contributed by atoms with Crippen LogP contribution >= 0.6 is 11.6 Å². The highest BCUT2D eigenvalue weighted by Gasteiger charge is 2.31. The van der Waals surface area contributed by atoms with Gasteiger partial charge in [0.05, 0.1) is 7.11 Å². The maximum atomic E-state index is 10.6. The Morgan fingerprint density at radius 2 is 2.00 bits per heavy atom. The number of aryl methyl sites for hydroxylation is 2. The van der Waals surface area contributed by atoms with Gasteiger partial charge in [0, 0.05) is 30.2 Å². The average molecular weight is 472 g/mol. The Kier molecular flexibility index (Phi) is 7.46. The molecule has 1 heterocycles. The van der Waals surface area contributed by atoms with Crippen molar-refractivity contribution in [3.63, 3.8) is 0 Å². The highest BCUT2D eigenvalue weighted by atomic mass is 35.5. The van der Waals surface area contributed by atoms with E-state index in [0.717, 1.165) is 59.9 Å². The lowest BCUT2D eigenvalue weighted by atomic mass is 9.91. The van der Waals surface area contributed by atoms with Crippen LogP contribution in [-0.2, 0) is 24.2 Å². The van der Waals surface area contributed by atoms with E-state index in [1.807, 2.05) is 12.1 Å². The minimum atomic E-state index is -1.21.